The third kappa shape index (κ3) is 2.75. The SMILES string of the molecule is N=C(N)NC(=O)C=Cc1ccc2c(c1)OCO2. The number of nitrogens with one attached hydrogen (secondary N) is 2. The minimum absolute atomic E-state index is 0.216. The molecule has 1 aromatic carbocycles. The predicted molar refractivity (Wildman–Crippen MR) is 61.7 cm³/mol. The molecule has 6 heteroatoms. The van der Waals surface area contributed by atoms with Crippen molar-refractivity contribution in [3.05, 3.63) is 29.8 Å². The molecule has 1 aromatic rings. The van der Waals surface area contributed by atoms with E-state index in [1.165, 1.54) is 6.08 Å². The maximum absolute atomic E-state index is 11.2. The van der Waals surface area contributed by atoms with Crippen molar-refractivity contribution >= 4 is 17.9 Å². The van der Waals surface area contributed by atoms with Gasteiger partial charge in [0.1, 0.15) is 0 Å². The molecule has 0 saturated heterocycles. The Morgan fingerprint density at radius 1 is 1.41 bits per heavy atom. The number of amides is 1. The Morgan fingerprint density at radius 2 is 2.18 bits per heavy atom. The van der Waals surface area contributed by atoms with Gasteiger partial charge < -0.3 is 15.2 Å². The van der Waals surface area contributed by atoms with E-state index in [0.717, 1.165) is 5.56 Å². The summed E-state index contributed by atoms with van der Waals surface area (Å²) in [5.41, 5.74) is 5.82. The number of guanidine groups is 1. The number of carbonyl (C=O) groups excluding carboxylic acids is 1. The van der Waals surface area contributed by atoms with E-state index in [-0.39, 0.29) is 12.8 Å². The molecule has 0 atom stereocenters. The maximum Gasteiger partial charge on any atom is 0.250 e. The molecule has 0 saturated carbocycles. The Bertz CT molecular complexity index is 497. The lowest BCUT2D eigenvalue weighted by Crippen LogP contribution is -2.34. The van der Waals surface area contributed by atoms with Crippen LogP contribution in [0, 0.1) is 5.41 Å². The number of fused-ring (bicyclic) bond motifs is 1. The predicted octanol–water partition coefficient (Wildman–Crippen LogP) is 0.438. The molecule has 1 aliphatic rings. The quantitative estimate of drug-likeness (QED) is 0.392. The smallest absolute Gasteiger partial charge is 0.250 e. The molecule has 0 spiro atoms. The van der Waals surface area contributed by atoms with Crippen LogP contribution in [0.2, 0.25) is 0 Å². The molecule has 4 N–H and O–H groups in total. The molecule has 0 unspecified atom stereocenters. The highest BCUT2D eigenvalue weighted by atomic mass is 16.7. The van der Waals surface area contributed by atoms with Crippen LogP contribution < -0.4 is 20.5 Å². The maximum atomic E-state index is 11.2. The summed E-state index contributed by atoms with van der Waals surface area (Å²) in [5.74, 6) is 0.509. The number of rotatable bonds is 2. The Morgan fingerprint density at radius 3 is 2.94 bits per heavy atom. The highest BCUT2D eigenvalue weighted by Crippen LogP contribution is 2.32. The van der Waals surface area contributed by atoms with Gasteiger partial charge in [0.2, 0.25) is 6.79 Å². The molecule has 1 aliphatic heterocycles. The van der Waals surface area contributed by atoms with Gasteiger partial charge in [-0.1, -0.05) is 6.07 Å². The number of benzene rings is 1. The Balaban J connectivity index is 2.06. The van der Waals surface area contributed by atoms with Crippen molar-refractivity contribution in [3.63, 3.8) is 0 Å². The van der Waals surface area contributed by atoms with Crippen LogP contribution in [0.3, 0.4) is 0 Å². The molecule has 17 heavy (non-hydrogen) atoms. The van der Waals surface area contributed by atoms with Gasteiger partial charge in [0.05, 0.1) is 0 Å². The molecule has 0 aliphatic carbocycles. The van der Waals surface area contributed by atoms with E-state index < -0.39 is 5.91 Å². The first-order valence-electron chi connectivity index (χ1n) is 4.88. The molecule has 2 rings (SSSR count). The van der Waals surface area contributed by atoms with Gasteiger partial charge in [0, 0.05) is 6.08 Å². The van der Waals surface area contributed by atoms with Crippen molar-refractivity contribution in [2.24, 2.45) is 5.73 Å². The van der Waals surface area contributed by atoms with E-state index in [1.807, 2.05) is 0 Å². The second-order valence-electron chi connectivity index (χ2n) is 3.35. The second kappa shape index (κ2) is 4.56. The summed E-state index contributed by atoms with van der Waals surface area (Å²) < 4.78 is 10.4. The summed E-state index contributed by atoms with van der Waals surface area (Å²) in [6.45, 7) is 0.216. The fourth-order valence-electron chi connectivity index (χ4n) is 1.36. The number of nitrogens with two attached hydrogens (primary N) is 1. The van der Waals surface area contributed by atoms with E-state index in [1.54, 1.807) is 24.3 Å². The molecule has 0 bridgehead atoms. The highest BCUT2D eigenvalue weighted by Gasteiger charge is 2.12. The van der Waals surface area contributed by atoms with E-state index in [2.05, 4.69) is 5.32 Å². The van der Waals surface area contributed by atoms with E-state index >= 15 is 0 Å². The molecular formula is C11H11N3O3. The van der Waals surface area contributed by atoms with Crippen molar-refractivity contribution in [2.45, 2.75) is 0 Å². The van der Waals surface area contributed by atoms with Gasteiger partial charge in [0.25, 0.3) is 5.91 Å². The third-order valence-electron chi connectivity index (χ3n) is 2.08. The number of ether oxygens (including phenoxy) is 2. The highest BCUT2D eigenvalue weighted by molar-refractivity contribution is 6.02. The largest absolute Gasteiger partial charge is 0.454 e. The summed E-state index contributed by atoms with van der Waals surface area (Å²) in [6, 6.07) is 5.33. The first kappa shape index (κ1) is 11.0. The van der Waals surface area contributed by atoms with Gasteiger partial charge >= 0.3 is 0 Å². The van der Waals surface area contributed by atoms with Gasteiger partial charge in [-0.05, 0) is 23.8 Å². The lowest BCUT2D eigenvalue weighted by atomic mass is 10.2. The third-order valence-corrected chi connectivity index (χ3v) is 2.08. The van der Waals surface area contributed by atoms with E-state index in [9.17, 15) is 4.79 Å². The first-order chi connectivity index (χ1) is 8.15. The van der Waals surface area contributed by atoms with Crippen LogP contribution in [0.25, 0.3) is 6.08 Å². The molecule has 0 radical (unpaired) electrons. The fraction of sp³-hybridized carbons (Fsp3) is 0.0909. The van der Waals surface area contributed by atoms with Crippen LogP contribution in [-0.2, 0) is 4.79 Å². The molecule has 1 amide bonds. The zero-order valence-electron chi connectivity index (χ0n) is 8.90. The summed E-state index contributed by atoms with van der Waals surface area (Å²) in [5, 5.41) is 9.03. The van der Waals surface area contributed by atoms with Crippen LogP contribution in [-0.4, -0.2) is 18.7 Å². The molecule has 88 valence electrons. The number of carbonyl (C=O) groups is 1. The van der Waals surface area contributed by atoms with Gasteiger partial charge in [-0.25, -0.2) is 0 Å². The van der Waals surface area contributed by atoms with E-state index in [4.69, 9.17) is 20.6 Å². The number of hydrogen-bond donors (Lipinski definition) is 3. The average Bonchev–Trinajstić information content (AvgIpc) is 2.72. The monoisotopic (exact) mass is 233 g/mol. The van der Waals surface area contributed by atoms with Crippen LogP contribution >= 0.6 is 0 Å². The van der Waals surface area contributed by atoms with Crippen molar-refractivity contribution in [2.75, 3.05) is 6.79 Å². The molecule has 0 fully saturated rings. The molecule has 6 nitrogen and oxygen atoms in total. The van der Waals surface area contributed by atoms with Crippen LogP contribution in [0.1, 0.15) is 5.56 Å². The standard InChI is InChI=1S/C11H11N3O3/c12-11(13)14-10(15)4-2-7-1-3-8-9(5-7)17-6-16-8/h1-5H,6H2,(H4,12,13,14,15). The average molecular weight is 233 g/mol. The van der Waals surface area contributed by atoms with Gasteiger partial charge in [-0.15, -0.1) is 0 Å². The number of hydrogen-bond acceptors (Lipinski definition) is 4. The minimum atomic E-state index is -0.449. The topological polar surface area (TPSA) is 97.4 Å². The Hall–Kier alpha value is -2.50. The van der Waals surface area contributed by atoms with Gasteiger partial charge in [0.15, 0.2) is 17.5 Å². The second-order valence-corrected chi connectivity index (χ2v) is 3.35. The van der Waals surface area contributed by atoms with Crippen LogP contribution in [0.15, 0.2) is 24.3 Å². The Kier molecular flexibility index (Phi) is 2.95. The van der Waals surface area contributed by atoms with Crippen molar-refractivity contribution in [1.82, 2.24) is 5.32 Å². The fourth-order valence-corrected chi connectivity index (χ4v) is 1.36. The van der Waals surface area contributed by atoms with Gasteiger partial charge in [-0.2, -0.15) is 0 Å². The lowest BCUT2D eigenvalue weighted by Gasteiger charge is -1.98. The van der Waals surface area contributed by atoms with Crippen molar-refractivity contribution < 1.29 is 14.3 Å². The Labute approximate surface area is 97.5 Å². The lowest BCUT2D eigenvalue weighted by molar-refractivity contribution is -0.115. The molecule has 0 aromatic heterocycles. The minimum Gasteiger partial charge on any atom is -0.454 e. The summed E-state index contributed by atoms with van der Waals surface area (Å²) >= 11 is 0. The summed E-state index contributed by atoms with van der Waals surface area (Å²) in [4.78, 5) is 11.2. The first-order valence-corrected chi connectivity index (χ1v) is 4.88. The molecule has 1 heterocycles. The van der Waals surface area contributed by atoms with Crippen molar-refractivity contribution in [3.8, 4) is 11.5 Å². The summed E-state index contributed by atoms with van der Waals surface area (Å²) in [6.07, 6.45) is 2.89. The zero-order valence-corrected chi connectivity index (χ0v) is 8.90. The van der Waals surface area contributed by atoms with Crippen LogP contribution in [0.4, 0.5) is 0 Å². The zero-order chi connectivity index (χ0) is 12.3. The van der Waals surface area contributed by atoms with E-state index in [0.29, 0.717) is 11.5 Å². The molecular weight excluding hydrogens is 222 g/mol. The normalized spacial score (nSPS) is 12.7. The summed E-state index contributed by atoms with van der Waals surface area (Å²) in [7, 11) is 0. The van der Waals surface area contributed by atoms with Gasteiger partial charge in [-0.3, -0.25) is 15.5 Å². The van der Waals surface area contributed by atoms with Crippen LogP contribution in [0.5, 0.6) is 11.5 Å². The van der Waals surface area contributed by atoms with Crippen molar-refractivity contribution in [1.29, 1.82) is 5.41 Å².